The zero-order valence-electron chi connectivity index (χ0n) is 18.2. The molecule has 0 spiro atoms. The monoisotopic (exact) mass is 458 g/mol. The van der Waals surface area contributed by atoms with E-state index in [1.54, 1.807) is 10.9 Å². The van der Waals surface area contributed by atoms with Gasteiger partial charge in [0.2, 0.25) is 11.8 Å². The zero-order chi connectivity index (χ0) is 22.8. The number of carbonyl (C=O) groups excluding carboxylic acids is 1. The third kappa shape index (κ3) is 4.61. The Morgan fingerprint density at radius 2 is 1.91 bits per heavy atom. The van der Waals surface area contributed by atoms with Crippen molar-refractivity contribution < 1.29 is 9.21 Å². The molecule has 1 aliphatic rings. The van der Waals surface area contributed by atoms with Gasteiger partial charge in [0, 0.05) is 29.2 Å². The number of benzene rings is 2. The number of carbonyl (C=O) groups is 1. The van der Waals surface area contributed by atoms with Crippen molar-refractivity contribution in [2.45, 2.75) is 19.9 Å². The fourth-order valence-corrected chi connectivity index (χ4v) is 4.18. The second-order valence-corrected chi connectivity index (χ2v) is 8.48. The quantitative estimate of drug-likeness (QED) is 0.397. The van der Waals surface area contributed by atoms with Crippen molar-refractivity contribution in [1.29, 1.82) is 0 Å². The van der Waals surface area contributed by atoms with E-state index in [-0.39, 0.29) is 12.5 Å². The van der Waals surface area contributed by atoms with E-state index >= 15 is 0 Å². The van der Waals surface area contributed by atoms with Crippen LogP contribution in [-0.4, -0.2) is 38.7 Å². The zero-order valence-corrected chi connectivity index (χ0v) is 19.0. The largest absolute Gasteiger partial charge is 0.442 e. The van der Waals surface area contributed by atoms with Crippen LogP contribution >= 0.6 is 11.6 Å². The molecule has 2 aromatic heterocycles. The second-order valence-electron chi connectivity index (χ2n) is 8.04. The summed E-state index contributed by atoms with van der Waals surface area (Å²) in [4.78, 5) is 19.3. The van der Waals surface area contributed by atoms with Gasteiger partial charge in [0.15, 0.2) is 0 Å². The topological polar surface area (TPSA) is 64.2 Å². The number of nitrogens with zero attached hydrogens (tertiary/aromatic N) is 4. The summed E-state index contributed by atoms with van der Waals surface area (Å²) >= 11 is 6.19. The van der Waals surface area contributed by atoms with Crippen LogP contribution in [0.1, 0.15) is 18.1 Å². The van der Waals surface area contributed by atoms with Crippen LogP contribution in [0.25, 0.3) is 28.1 Å². The van der Waals surface area contributed by atoms with Gasteiger partial charge in [-0.2, -0.15) is 5.10 Å². The molecule has 2 aromatic carbocycles. The maximum atomic E-state index is 13.2. The van der Waals surface area contributed by atoms with Crippen LogP contribution in [0.2, 0.25) is 5.02 Å². The van der Waals surface area contributed by atoms with Gasteiger partial charge in [0.1, 0.15) is 12.3 Å². The Morgan fingerprint density at radius 1 is 1.09 bits per heavy atom. The highest BCUT2D eigenvalue weighted by Gasteiger charge is 2.22. The molecule has 0 saturated heterocycles. The summed E-state index contributed by atoms with van der Waals surface area (Å²) in [5.41, 5.74) is 4.63. The standard InChI is InChI=1S/C26H23ClN4O2/c1-18-16-28-26(33-18)20-10-12-30(13-11-20)25(32)17-31-24(19-6-3-2-4-7-19)15-23(29-31)21-8-5-9-22(27)14-21/h2-10,14-16H,11-13,17H2,1H3. The van der Waals surface area contributed by atoms with Gasteiger partial charge in [-0.1, -0.05) is 60.1 Å². The normalized spacial score (nSPS) is 13.8. The summed E-state index contributed by atoms with van der Waals surface area (Å²) in [5, 5.41) is 5.42. The molecule has 0 unspecified atom stereocenters. The fraction of sp³-hybridized carbons (Fsp3) is 0.192. The molecule has 1 amide bonds. The summed E-state index contributed by atoms with van der Waals surface area (Å²) in [6, 6.07) is 19.6. The Balaban J connectivity index is 1.39. The van der Waals surface area contributed by atoms with Crippen LogP contribution < -0.4 is 0 Å². The number of aromatic nitrogens is 3. The first-order valence-electron chi connectivity index (χ1n) is 10.9. The molecule has 166 valence electrons. The maximum Gasteiger partial charge on any atom is 0.244 e. The van der Waals surface area contributed by atoms with E-state index in [4.69, 9.17) is 21.1 Å². The van der Waals surface area contributed by atoms with E-state index in [1.165, 1.54) is 0 Å². The van der Waals surface area contributed by atoms with Crippen LogP contribution in [0.15, 0.2) is 77.4 Å². The number of hydrogen-bond acceptors (Lipinski definition) is 4. The predicted octanol–water partition coefficient (Wildman–Crippen LogP) is 5.48. The molecule has 4 aromatic rings. The molecule has 33 heavy (non-hydrogen) atoms. The molecule has 0 radical (unpaired) electrons. The molecule has 0 saturated carbocycles. The van der Waals surface area contributed by atoms with Gasteiger partial charge in [0.05, 0.1) is 17.6 Å². The van der Waals surface area contributed by atoms with Gasteiger partial charge in [-0.3, -0.25) is 9.48 Å². The molecule has 0 bridgehead atoms. The van der Waals surface area contributed by atoms with Gasteiger partial charge >= 0.3 is 0 Å². The van der Waals surface area contributed by atoms with Crippen molar-refractivity contribution in [3.8, 4) is 22.5 Å². The molecular formula is C26H23ClN4O2. The van der Waals surface area contributed by atoms with E-state index in [1.807, 2.05) is 78.6 Å². The summed E-state index contributed by atoms with van der Waals surface area (Å²) in [6.45, 7) is 3.18. The van der Waals surface area contributed by atoms with Crippen molar-refractivity contribution in [1.82, 2.24) is 19.7 Å². The molecule has 0 fully saturated rings. The first-order chi connectivity index (χ1) is 16.1. The molecule has 1 aliphatic heterocycles. The van der Waals surface area contributed by atoms with Gasteiger partial charge < -0.3 is 9.32 Å². The third-order valence-corrected chi connectivity index (χ3v) is 5.95. The van der Waals surface area contributed by atoms with E-state index < -0.39 is 0 Å². The Bertz CT molecular complexity index is 1320. The fourth-order valence-electron chi connectivity index (χ4n) is 3.99. The number of rotatable bonds is 5. The van der Waals surface area contributed by atoms with E-state index in [9.17, 15) is 4.79 Å². The Hall–Kier alpha value is -3.64. The van der Waals surface area contributed by atoms with E-state index in [2.05, 4.69) is 4.98 Å². The molecule has 6 nitrogen and oxygen atoms in total. The summed E-state index contributed by atoms with van der Waals surface area (Å²) in [6.07, 6.45) is 4.45. The average molecular weight is 459 g/mol. The minimum absolute atomic E-state index is 0.0202. The number of amides is 1. The Kier molecular flexibility index (Phi) is 5.84. The highest BCUT2D eigenvalue weighted by atomic mass is 35.5. The van der Waals surface area contributed by atoms with Crippen molar-refractivity contribution in [3.05, 3.63) is 89.6 Å². The van der Waals surface area contributed by atoms with Crippen molar-refractivity contribution in [3.63, 3.8) is 0 Å². The first-order valence-corrected chi connectivity index (χ1v) is 11.2. The molecule has 3 heterocycles. The van der Waals surface area contributed by atoms with Gasteiger partial charge in [-0.15, -0.1) is 0 Å². The highest BCUT2D eigenvalue weighted by molar-refractivity contribution is 6.30. The lowest BCUT2D eigenvalue weighted by atomic mass is 10.1. The minimum atomic E-state index is 0.0202. The lowest BCUT2D eigenvalue weighted by molar-refractivity contribution is -0.131. The van der Waals surface area contributed by atoms with Gasteiger partial charge in [-0.25, -0.2) is 4.98 Å². The first kappa shape index (κ1) is 21.2. The average Bonchev–Trinajstić information content (AvgIpc) is 3.46. The molecular weight excluding hydrogens is 436 g/mol. The molecule has 0 aliphatic carbocycles. The van der Waals surface area contributed by atoms with Crippen LogP contribution in [0.3, 0.4) is 0 Å². The van der Waals surface area contributed by atoms with E-state index in [0.717, 1.165) is 33.8 Å². The van der Waals surface area contributed by atoms with E-state index in [0.29, 0.717) is 30.4 Å². The number of aryl methyl sites for hydroxylation is 1. The number of oxazole rings is 1. The Morgan fingerprint density at radius 3 is 2.61 bits per heavy atom. The van der Waals surface area contributed by atoms with Crippen LogP contribution in [0.4, 0.5) is 0 Å². The molecule has 0 N–H and O–H groups in total. The number of hydrogen-bond donors (Lipinski definition) is 0. The lowest BCUT2D eigenvalue weighted by Gasteiger charge is -2.26. The van der Waals surface area contributed by atoms with Crippen LogP contribution in [0.5, 0.6) is 0 Å². The van der Waals surface area contributed by atoms with Crippen molar-refractivity contribution >= 4 is 23.1 Å². The van der Waals surface area contributed by atoms with Crippen molar-refractivity contribution in [2.24, 2.45) is 0 Å². The van der Waals surface area contributed by atoms with Crippen LogP contribution in [0, 0.1) is 6.92 Å². The SMILES string of the molecule is Cc1cnc(C2=CCN(C(=O)Cn3nc(-c4cccc(Cl)c4)cc3-c3ccccc3)CC2)o1. The number of halogens is 1. The summed E-state index contributed by atoms with van der Waals surface area (Å²) in [5.74, 6) is 1.45. The smallest absolute Gasteiger partial charge is 0.244 e. The third-order valence-electron chi connectivity index (χ3n) is 5.71. The predicted molar refractivity (Wildman–Crippen MR) is 129 cm³/mol. The molecule has 5 rings (SSSR count). The molecule has 0 atom stereocenters. The maximum absolute atomic E-state index is 13.2. The minimum Gasteiger partial charge on any atom is -0.442 e. The van der Waals surface area contributed by atoms with Crippen LogP contribution in [-0.2, 0) is 11.3 Å². The van der Waals surface area contributed by atoms with Gasteiger partial charge in [-0.05, 0) is 37.1 Å². The summed E-state index contributed by atoms with van der Waals surface area (Å²) in [7, 11) is 0. The summed E-state index contributed by atoms with van der Waals surface area (Å²) < 4.78 is 7.41. The molecule has 7 heteroatoms. The van der Waals surface area contributed by atoms with Gasteiger partial charge in [0.25, 0.3) is 0 Å². The second kappa shape index (κ2) is 9.08. The highest BCUT2D eigenvalue weighted by Crippen LogP contribution is 2.28. The van der Waals surface area contributed by atoms with Crippen molar-refractivity contribution in [2.75, 3.05) is 13.1 Å². The lowest BCUT2D eigenvalue weighted by Crippen LogP contribution is -2.37. The Labute approximate surface area is 197 Å².